The number of hydrazine groups is 1. The van der Waals surface area contributed by atoms with E-state index in [0.29, 0.717) is 16.8 Å². The van der Waals surface area contributed by atoms with Crippen molar-refractivity contribution >= 4 is 28.9 Å². The monoisotopic (exact) mass is 284 g/mol. The van der Waals surface area contributed by atoms with Gasteiger partial charge in [-0.3, -0.25) is 0 Å². The van der Waals surface area contributed by atoms with E-state index >= 15 is 0 Å². The van der Waals surface area contributed by atoms with Gasteiger partial charge in [0.05, 0.1) is 0 Å². The van der Waals surface area contributed by atoms with E-state index in [0.717, 1.165) is 5.56 Å². The van der Waals surface area contributed by atoms with Gasteiger partial charge in [0.15, 0.2) is 23.3 Å². The number of nitrogen functional groups attached to an aromatic ring is 1. The number of hydrogen-bond donors (Lipinski definition) is 3. The van der Waals surface area contributed by atoms with Crippen LogP contribution in [0.2, 0.25) is 5.02 Å². The topological polar surface area (TPSA) is 63.0 Å². The third kappa shape index (κ3) is 2.74. The number of nitrogens with two attached hydrogens (primary N) is 1. The molecule has 7 heteroatoms. The highest BCUT2D eigenvalue weighted by Crippen LogP contribution is 2.27. The van der Waals surface area contributed by atoms with Crippen LogP contribution in [0.1, 0.15) is 5.56 Å². The molecule has 0 radical (unpaired) electrons. The highest BCUT2D eigenvalue weighted by atomic mass is 35.5. The normalized spacial score (nSPS) is 10.4. The number of anilines is 3. The van der Waals surface area contributed by atoms with E-state index in [1.54, 1.807) is 25.1 Å². The Morgan fingerprint density at radius 3 is 2.58 bits per heavy atom. The molecule has 0 bridgehead atoms. The number of benzene rings is 1. The van der Waals surface area contributed by atoms with Crippen LogP contribution >= 0.6 is 11.6 Å². The highest BCUT2D eigenvalue weighted by Gasteiger charge is 2.12. The van der Waals surface area contributed by atoms with Gasteiger partial charge in [0.1, 0.15) is 0 Å². The van der Waals surface area contributed by atoms with Gasteiger partial charge < -0.3 is 10.7 Å². The lowest BCUT2D eigenvalue weighted by Crippen LogP contribution is -2.12. The van der Waals surface area contributed by atoms with Crippen molar-refractivity contribution in [1.82, 2.24) is 4.98 Å². The molecule has 2 aromatic rings. The Morgan fingerprint density at radius 1 is 1.21 bits per heavy atom. The number of hydrogen-bond acceptors (Lipinski definition) is 4. The molecular weight excluding hydrogens is 274 g/mol. The van der Waals surface area contributed by atoms with Crippen LogP contribution in [0, 0.1) is 18.6 Å². The minimum absolute atomic E-state index is 0.139. The fraction of sp³-hybridized carbons (Fsp3) is 0.0833. The Hall–Kier alpha value is -1.92. The first-order valence-electron chi connectivity index (χ1n) is 5.37. The molecule has 0 fully saturated rings. The molecule has 2 rings (SSSR count). The van der Waals surface area contributed by atoms with Crippen LogP contribution in [-0.2, 0) is 0 Å². The maximum atomic E-state index is 13.6. The molecule has 0 aliphatic rings. The van der Waals surface area contributed by atoms with Gasteiger partial charge in [-0.1, -0.05) is 17.7 Å². The maximum absolute atomic E-state index is 13.6. The predicted molar refractivity (Wildman–Crippen MR) is 71.4 cm³/mol. The second-order valence-corrected chi connectivity index (χ2v) is 4.24. The molecule has 0 saturated carbocycles. The van der Waals surface area contributed by atoms with Crippen molar-refractivity contribution in [1.29, 1.82) is 0 Å². The van der Waals surface area contributed by atoms with Crippen molar-refractivity contribution in [3.8, 4) is 0 Å². The molecule has 0 spiro atoms. The van der Waals surface area contributed by atoms with Crippen LogP contribution in [-0.4, -0.2) is 4.98 Å². The van der Waals surface area contributed by atoms with Crippen LogP contribution in [0.4, 0.5) is 26.1 Å². The molecule has 0 aliphatic carbocycles. The third-order valence-corrected chi connectivity index (χ3v) is 3.00. The van der Waals surface area contributed by atoms with E-state index in [-0.39, 0.29) is 11.6 Å². The third-order valence-electron chi connectivity index (χ3n) is 2.59. The lowest BCUT2D eigenvalue weighted by molar-refractivity contribution is 0.579. The average molecular weight is 285 g/mol. The summed E-state index contributed by atoms with van der Waals surface area (Å²) < 4.78 is 26.8. The van der Waals surface area contributed by atoms with E-state index < -0.39 is 11.6 Å². The van der Waals surface area contributed by atoms with Gasteiger partial charge in [0.25, 0.3) is 0 Å². The van der Waals surface area contributed by atoms with Crippen LogP contribution in [0.25, 0.3) is 0 Å². The molecule has 0 unspecified atom stereocenters. The molecule has 4 nitrogen and oxygen atoms in total. The van der Waals surface area contributed by atoms with Crippen molar-refractivity contribution < 1.29 is 8.78 Å². The summed E-state index contributed by atoms with van der Waals surface area (Å²) in [6.45, 7) is 1.77. The van der Waals surface area contributed by atoms with Gasteiger partial charge in [-0.05, 0) is 24.6 Å². The van der Waals surface area contributed by atoms with E-state index in [1.807, 2.05) is 0 Å². The second kappa shape index (κ2) is 5.38. The zero-order chi connectivity index (χ0) is 14.0. The van der Waals surface area contributed by atoms with E-state index in [4.69, 9.17) is 17.4 Å². The van der Waals surface area contributed by atoms with E-state index in [1.165, 1.54) is 0 Å². The van der Waals surface area contributed by atoms with Crippen LogP contribution in [0.3, 0.4) is 0 Å². The minimum atomic E-state index is -0.867. The smallest absolute Gasteiger partial charge is 0.178 e. The van der Waals surface area contributed by atoms with E-state index in [2.05, 4.69) is 15.7 Å². The molecule has 1 aromatic heterocycles. The molecule has 1 heterocycles. The number of pyridine rings is 1. The van der Waals surface area contributed by atoms with Gasteiger partial charge in [-0.15, -0.1) is 0 Å². The Morgan fingerprint density at radius 2 is 1.89 bits per heavy atom. The van der Waals surface area contributed by atoms with Crippen molar-refractivity contribution in [2.75, 3.05) is 10.7 Å². The molecule has 19 heavy (non-hydrogen) atoms. The first-order chi connectivity index (χ1) is 9.02. The summed E-state index contributed by atoms with van der Waals surface area (Å²) in [7, 11) is 0. The summed E-state index contributed by atoms with van der Waals surface area (Å²) in [5.41, 5.74) is 3.37. The highest BCUT2D eigenvalue weighted by molar-refractivity contribution is 6.31. The Kier molecular flexibility index (Phi) is 3.82. The average Bonchev–Trinajstić information content (AvgIpc) is 2.38. The first-order valence-corrected chi connectivity index (χ1v) is 5.75. The van der Waals surface area contributed by atoms with Crippen molar-refractivity contribution in [2.45, 2.75) is 6.92 Å². The number of nitrogens with zero attached hydrogens (tertiary/aromatic N) is 1. The lowest BCUT2D eigenvalue weighted by Gasteiger charge is -2.12. The number of rotatable bonds is 3. The summed E-state index contributed by atoms with van der Waals surface area (Å²) in [6.07, 6.45) is 0. The molecule has 100 valence electrons. The summed E-state index contributed by atoms with van der Waals surface area (Å²) in [6, 6.07) is 5.83. The van der Waals surface area contributed by atoms with Crippen LogP contribution in [0.5, 0.6) is 0 Å². The summed E-state index contributed by atoms with van der Waals surface area (Å²) in [5.74, 6) is 3.02. The molecule has 0 aliphatic heterocycles. The second-order valence-electron chi connectivity index (χ2n) is 3.83. The molecule has 1 aromatic carbocycles. The lowest BCUT2D eigenvalue weighted by atomic mass is 10.2. The predicted octanol–water partition coefficient (Wildman–Crippen LogP) is 3.35. The zero-order valence-electron chi connectivity index (χ0n) is 9.97. The quantitative estimate of drug-likeness (QED) is 0.597. The molecule has 4 N–H and O–H groups in total. The number of nitrogens with one attached hydrogen (secondary N) is 2. The summed E-state index contributed by atoms with van der Waals surface area (Å²) >= 11 is 5.96. The van der Waals surface area contributed by atoms with Crippen LogP contribution in [0.15, 0.2) is 24.3 Å². The fourth-order valence-electron chi connectivity index (χ4n) is 1.53. The zero-order valence-corrected chi connectivity index (χ0v) is 10.7. The van der Waals surface area contributed by atoms with Gasteiger partial charge >= 0.3 is 0 Å². The molecule has 0 atom stereocenters. The maximum Gasteiger partial charge on any atom is 0.178 e. The Balaban J connectivity index is 2.41. The van der Waals surface area contributed by atoms with Crippen LogP contribution < -0.4 is 16.6 Å². The Bertz CT molecular complexity index is 619. The Labute approximate surface area is 113 Å². The van der Waals surface area contributed by atoms with E-state index in [9.17, 15) is 8.78 Å². The van der Waals surface area contributed by atoms with Gasteiger partial charge in [0, 0.05) is 16.8 Å². The fourth-order valence-corrected chi connectivity index (χ4v) is 1.70. The standard InChI is InChI=1S/C12H11ClF2N4/c1-6-7(13)3-2-4-10(6)17-11-8(14)5-9(15)12(18-11)19-16/h2-5H,16H2,1H3,(H2,17,18,19). The first kappa shape index (κ1) is 13.5. The molecule has 0 amide bonds. The minimum Gasteiger partial charge on any atom is -0.337 e. The molecular formula is C12H11ClF2N4. The largest absolute Gasteiger partial charge is 0.337 e. The number of halogens is 3. The SMILES string of the molecule is Cc1c(Cl)cccc1Nc1nc(NN)c(F)cc1F. The summed E-state index contributed by atoms with van der Waals surface area (Å²) in [5, 5.41) is 3.28. The van der Waals surface area contributed by atoms with Gasteiger partial charge in [-0.2, -0.15) is 0 Å². The number of aromatic nitrogens is 1. The van der Waals surface area contributed by atoms with Gasteiger partial charge in [0.2, 0.25) is 0 Å². The molecule has 0 saturated heterocycles. The van der Waals surface area contributed by atoms with Gasteiger partial charge in [-0.25, -0.2) is 19.6 Å². The van der Waals surface area contributed by atoms with Crippen molar-refractivity contribution in [2.24, 2.45) is 5.84 Å². The summed E-state index contributed by atoms with van der Waals surface area (Å²) in [4.78, 5) is 3.72. The van der Waals surface area contributed by atoms with Crippen molar-refractivity contribution in [3.05, 3.63) is 46.5 Å². The van der Waals surface area contributed by atoms with Crippen molar-refractivity contribution in [3.63, 3.8) is 0 Å².